The van der Waals surface area contributed by atoms with Crippen LogP contribution in [0, 0.1) is 5.92 Å². The first-order valence-electron chi connectivity index (χ1n) is 6.07. The Kier molecular flexibility index (Phi) is 4.33. The van der Waals surface area contributed by atoms with Gasteiger partial charge in [-0.05, 0) is 27.2 Å². The molecule has 0 amide bonds. The minimum absolute atomic E-state index is 0.00632. The van der Waals surface area contributed by atoms with Gasteiger partial charge in [0.15, 0.2) is 0 Å². The maximum absolute atomic E-state index is 11.1. The molecule has 0 spiro atoms. The zero-order valence-electron chi connectivity index (χ0n) is 10.8. The van der Waals surface area contributed by atoms with Crippen LogP contribution in [0.1, 0.15) is 34.1 Å². The Morgan fingerprint density at radius 3 is 2.75 bits per heavy atom. The highest BCUT2D eigenvalue weighted by Gasteiger charge is 2.32. The van der Waals surface area contributed by atoms with Gasteiger partial charge in [-0.2, -0.15) is 0 Å². The van der Waals surface area contributed by atoms with E-state index >= 15 is 0 Å². The molecule has 0 aliphatic carbocycles. The number of hydrogen-bond acceptors (Lipinski definition) is 3. The molecule has 0 radical (unpaired) electrons. The summed E-state index contributed by atoms with van der Waals surface area (Å²) in [5, 5.41) is 12.5. The zero-order chi connectivity index (χ0) is 12.3. The number of carboxylic acid groups (broad SMARTS) is 1. The second-order valence-electron chi connectivity index (χ2n) is 5.49. The summed E-state index contributed by atoms with van der Waals surface area (Å²) in [6, 6.07) is 0.445. The molecule has 2 atom stereocenters. The molecule has 0 bridgehead atoms. The third-order valence-corrected chi connectivity index (χ3v) is 3.44. The highest BCUT2D eigenvalue weighted by atomic mass is 16.4. The minimum atomic E-state index is -0.696. The number of hydrogen-bond donors (Lipinski definition) is 2. The van der Waals surface area contributed by atoms with Gasteiger partial charge in [-0.25, -0.2) is 0 Å². The fourth-order valence-electron chi connectivity index (χ4n) is 2.13. The summed E-state index contributed by atoms with van der Waals surface area (Å²) in [7, 11) is 0. The summed E-state index contributed by atoms with van der Waals surface area (Å²) in [6.07, 6.45) is 1.06. The van der Waals surface area contributed by atoms with Crippen LogP contribution in [0.15, 0.2) is 0 Å². The summed E-state index contributed by atoms with van der Waals surface area (Å²) in [6.45, 7) is 10.7. The van der Waals surface area contributed by atoms with E-state index in [9.17, 15) is 4.79 Å². The monoisotopic (exact) mass is 228 g/mol. The van der Waals surface area contributed by atoms with Crippen molar-refractivity contribution < 1.29 is 9.90 Å². The molecule has 1 aliphatic heterocycles. The lowest BCUT2D eigenvalue weighted by molar-refractivity contribution is -0.142. The van der Waals surface area contributed by atoms with E-state index in [1.807, 2.05) is 0 Å². The van der Waals surface area contributed by atoms with Crippen molar-refractivity contribution in [1.82, 2.24) is 10.2 Å². The van der Waals surface area contributed by atoms with Crippen molar-refractivity contribution in [3.05, 3.63) is 0 Å². The average molecular weight is 228 g/mol. The van der Waals surface area contributed by atoms with Crippen LogP contribution < -0.4 is 5.32 Å². The van der Waals surface area contributed by atoms with E-state index in [1.54, 1.807) is 0 Å². The number of rotatable bonds is 3. The molecule has 2 N–H and O–H groups in total. The van der Waals surface area contributed by atoms with Crippen LogP contribution in [0.2, 0.25) is 0 Å². The number of nitrogens with one attached hydrogen (secondary N) is 1. The Morgan fingerprint density at radius 1 is 1.62 bits per heavy atom. The van der Waals surface area contributed by atoms with Crippen molar-refractivity contribution in [3.8, 4) is 0 Å². The molecule has 1 aliphatic rings. The lowest BCUT2D eigenvalue weighted by Gasteiger charge is -2.33. The summed E-state index contributed by atoms with van der Waals surface area (Å²) < 4.78 is 0. The molecule has 1 heterocycles. The molecule has 4 heteroatoms. The maximum Gasteiger partial charge on any atom is 0.309 e. The Bertz CT molecular complexity index is 253. The topological polar surface area (TPSA) is 52.6 Å². The maximum atomic E-state index is 11.1. The second-order valence-corrected chi connectivity index (χ2v) is 5.49. The SMILES string of the molecule is CCC(C)N1CC(C(=O)O)CNC(C)(C)C1. The fraction of sp³-hybridized carbons (Fsp3) is 0.917. The molecule has 1 rings (SSSR count). The molecule has 0 saturated carbocycles. The molecule has 0 aromatic heterocycles. The van der Waals surface area contributed by atoms with E-state index in [4.69, 9.17) is 5.11 Å². The summed E-state index contributed by atoms with van der Waals surface area (Å²) >= 11 is 0. The van der Waals surface area contributed by atoms with Crippen LogP contribution in [0.25, 0.3) is 0 Å². The summed E-state index contributed by atoms with van der Waals surface area (Å²) in [4.78, 5) is 13.4. The van der Waals surface area contributed by atoms with Crippen LogP contribution in [-0.4, -0.2) is 47.2 Å². The van der Waals surface area contributed by atoms with E-state index in [1.165, 1.54) is 0 Å². The van der Waals surface area contributed by atoms with Gasteiger partial charge in [0.05, 0.1) is 5.92 Å². The molecular weight excluding hydrogens is 204 g/mol. The van der Waals surface area contributed by atoms with Gasteiger partial charge in [0.25, 0.3) is 0 Å². The van der Waals surface area contributed by atoms with E-state index < -0.39 is 5.97 Å². The molecule has 0 aromatic rings. The molecular formula is C12H24N2O2. The quantitative estimate of drug-likeness (QED) is 0.761. The second kappa shape index (κ2) is 5.15. The van der Waals surface area contributed by atoms with Crippen LogP contribution in [0.4, 0.5) is 0 Å². The van der Waals surface area contributed by atoms with Gasteiger partial charge in [0, 0.05) is 31.2 Å². The van der Waals surface area contributed by atoms with Gasteiger partial charge in [-0.3, -0.25) is 9.69 Å². The van der Waals surface area contributed by atoms with Gasteiger partial charge in [-0.1, -0.05) is 6.92 Å². The Labute approximate surface area is 98.0 Å². The van der Waals surface area contributed by atoms with Crippen molar-refractivity contribution in [3.63, 3.8) is 0 Å². The zero-order valence-corrected chi connectivity index (χ0v) is 10.8. The summed E-state index contributed by atoms with van der Waals surface area (Å²) in [5.41, 5.74) is -0.00632. The highest BCUT2D eigenvalue weighted by molar-refractivity contribution is 5.70. The van der Waals surface area contributed by atoms with E-state index in [0.29, 0.717) is 19.1 Å². The third-order valence-electron chi connectivity index (χ3n) is 3.44. The van der Waals surface area contributed by atoms with Gasteiger partial charge in [-0.15, -0.1) is 0 Å². The first-order chi connectivity index (χ1) is 7.35. The first kappa shape index (κ1) is 13.5. The van der Waals surface area contributed by atoms with Crippen LogP contribution >= 0.6 is 0 Å². The molecule has 2 unspecified atom stereocenters. The normalized spacial score (nSPS) is 28.4. The van der Waals surface area contributed by atoms with Gasteiger partial charge < -0.3 is 10.4 Å². The van der Waals surface area contributed by atoms with Crippen molar-refractivity contribution >= 4 is 5.97 Å². The van der Waals surface area contributed by atoms with Crippen molar-refractivity contribution in [1.29, 1.82) is 0 Å². The van der Waals surface area contributed by atoms with Gasteiger partial charge >= 0.3 is 5.97 Å². The van der Waals surface area contributed by atoms with Crippen LogP contribution in [0.5, 0.6) is 0 Å². The molecule has 0 aromatic carbocycles. The largest absolute Gasteiger partial charge is 0.481 e. The van der Waals surface area contributed by atoms with E-state index in [2.05, 4.69) is 37.9 Å². The van der Waals surface area contributed by atoms with Crippen molar-refractivity contribution in [2.45, 2.75) is 45.7 Å². The standard InChI is InChI=1S/C12H24N2O2/c1-5-9(2)14-7-10(11(15)16)6-13-12(3,4)8-14/h9-10,13H,5-8H2,1-4H3,(H,15,16). The van der Waals surface area contributed by atoms with Crippen molar-refractivity contribution in [2.24, 2.45) is 5.92 Å². The lowest BCUT2D eigenvalue weighted by atomic mass is 10.0. The average Bonchev–Trinajstić information content (AvgIpc) is 2.35. The lowest BCUT2D eigenvalue weighted by Crippen LogP contribution is -2.48. The van der Waals surface area contributed by atoms with Crippen molar-refractivity contribution in [2.75, 3.05) is 19.6 Å². The number of nitrogens with zero attached hydrogens (tertiary/aromatic N) is 1. The Balaban J connectivity index is 2.77. The highest BCUT2D eigenvalue weighted by Crippen LogP contribution is 2.17. The van der Waals surface area contributed by atoms with Crippen LogP contribution in [-0.2, 0) is 4.79 Å². The first-order valence-corrected chi connectivity index (χ1v) is 6.07. The number of carbonyl (C=O) groups is 1. The Morgan fingerprint density at radius 2 is 2.25 bits per heavy atom. The molecule has 16 heavy (non-hydrogen) atoms. The summed E-state index contributed by atoms with van der Waals surface area (Å²) in [5.74, 6) is -0.991. The van der Waals surface area contributed by atoms with E-state index in [0.717, 1.165) is 13.0 Å². The van der Waals surface area contributed by atoms with Gasteiger partial charge in [0.1, 0.15) is 0 Å². The molecule has 1 fully saturated rings. The molecule has 94 valence electrons. The number of carboxylic acids is 1. The molecule has 1 saturated heterocycles. The molecule has 4 nitrogen and oxygen atoms in total. The predicted molar refractivity (Wildman–Crippen MR) is 64.5 cm³/mol. The third kappa shape index (κ3) is 3.46. The fourth-order valence-corrected chi connectivity index (χ4v) is 2.13. The van der Waals surface area contributed by atoms with Crippen LogP contribution in [0.3, 0.4) is 0 Å². The number of aliphatic carboxylic acids is 1. The van der Waals surface area contributed by atoms with E-state index in [-0.39, 0.29) is 11.5 Å². The predicted octanol–water partition coefficient (Wildman–Crippen LogP) is 1.17. The Hall–Kier alpha value is -0.610. The smallest absolute Gasteiger partial charge is 0.309 e. The van der Waals surface area contributed by atoms with Gasteiger partial charge in [0.2, 0.25) is 0 Å². The minimum Gasteiger partial charge on any atom is -0.481 e.